The number of aryl methyl sites for hydroxylation is 2. The fourth-order valence-corrected chi connectivity index (χ4v) is 4.52. The van der Waals surface area contributed by atoms with E-state index < -0.39 is 0 Å². The van der Waals surface area contributed by atoms with E-state index >= 15 is 0 Å². The Balaban J connectivity index is 1.79. The molecule has 0 saturated carbocycles. The largest absolute Gasteiger partial charge is 0.383 e. The SMILES string of the molecule is Cc1sc2nc(SC(C)C(=O)N3CCOCC3)nc(N)c2c1C. The van der Waals surface area contributed by atoms with Crippen molar-refractivity contribution in [3.8, 4) is 0 Å². The molecule has 6 nitrogen and oxygen atoms in total. The maximum absolute atomic E-state index is 12.5. The minimum Gasteiger partial charge on any atom is -0.383 e. The molecule has 1 saturated heterocycles. The standard InChI is InChI=1S/C15H20N4O2S2/c1-8-9(2)22-13-11(8)12(16)17-15(18-13)23-10(3)14(20)19-4-6-21-7-5-19/h10H,4-7H2,1-3H3,(H2,16,17,18). The number of rotatable bonds is 3. The third-order valence-electron chi connectivity index (χ3n) is 3.99. The predicted octanol–water partition coefficient (Wildman–Crippen LogP) is 2.23. The van der Waals surface area contributed by atoms with E-state index in [2.05, 4.69) is 16.9 Å². The van der Waals surface area contributed by atoms with Crippen molar-refractivity contribution in [1.82, 2.24) is 14.9 Å². The number of hydrogen-bond acceptors (Lipinski definition) is 7. The molecule has 1 aliphatic heterocycles. The van der Waals surface area contributed by atoms with Crippen molar-refractivity contribution in [2.75, 3.05) is 32.0 Å². The van der Waals surface area contributed by atoms with Crippen LogP contribution in [0.3, 0.4) is 0 Å². The van der Waals surface area contributed by atoms with Crippen LogP contribution in [0.2, 0.25) is 0 Å². The first-order valence-electron chi connectivity index (χ1n) is 7.53. The molecule has 0 bridgehead atoms. The summed E-state index contributed by atoms with van der Waals surface area (Å²) in [5.74, 6) is 0.587. The molecule has 1 unspecified atom stereocenters. The van der Waals surface area contributed by atoms with Gasteiger partial charge in [-0.1, -0.05) is 11.8 Å². The van der Waals surface area contributed by atoms with Gasteiger partial charge in [-0.2, -0.15) is 0 Å². The second kappa shape index (κ2) is 6.62. The molecule has 0 aliphatic carbocycles. The van der Waals surface area contributed by atoms with Gasteiger partial charge in [0.1, 0.15) is 10.6 Å². The number of carbonyl (C=O) groups excluding carboxylic acids is 1. The average Bonchev–Trinajstić information content (AvgIpc) is 2.82. The maximum Gasteiger partial charge on any atom is 0.236 e. The summed E-state index contributed by atoms with van der Waals surface area (Å²) in [7, 11) is 0. The van der Waals surface area contributed by atoms with Crippen molar-refractivity contribution in [3.63, 3.8) is 0 Å². The Labute approximate surface area is 143 Å². The number of nitrogens with two attached hydrogens (primary N) is 1. The Morgan fingerprint density at radius 3 is 2.74 bits per heavy atom. The summed E-state index contributed by atoms with van der Waals surface area (Å²) in [5.41, 5.74) is 7.23. The van der Waals surface area contributed by atoms with Crippen molar-refractivity contribution < 1.29 is 9.53 Å². The summed E-state index contributed by atoms with van der Waals surface area (Å²) in [4.78, 5) is 25.4. The quantitative estimate of drug-likeness (QED) is 0.674. The number of anilines is 1. The van der Waals surface area contributed by atoms with E-state index in [1.54, 1.807) is 11.3 Å². The molecule has 1 atom stereocenters. The lowest BCUT2D eigenvalue weighted by atomic mass is 10.2. The second-order valence-electron chi connectivity index (χ2n) is 5.55. The lowest BCUT2D eigenvalue weighted by molar-refractivity contribution is -0.134. The third-order valence-corrected chi connectivity index (χ3v) is 6.04. The molecule has 2 aromatic rings. The monoisotopic (exact) mass is 352 g/mol. The molecule has 124 valence electrons. The third kappa shape index (κ3) is 3.29. The Morgan fingerprint density at radius 2 is 2.04 bits per heavy atom. The molecule has 1 fully saturated rings. The van der Waals surface area contributed by atoms with Gasteiger partial charge in [-0.3, -0.25) is 4.79 Å². The molecule has 1 amide bonds. The first kappa shape index (κ1) is 16.5. The summed E-state index contributed by atoms with van der Waals surface area (Å²) in [6, 6.07) is 0. The lowest BCUT2D eigenvalue weighted by Crippen LogP contribution is -2.44. The number of amides is 1. The lowest BCUT2D eigenvalue weighted by Gasteiger charge is -2.28. The smallest absolute Gasteiger partial charge is 0.236 e. The van der Waals surface area contributed by atoms with Crippen LogP contribution in [0.5, 0.6) is 0 Å². The van der Waals surface area contributed by atoms with Crippen LogP contribution < -0.4 is 5.73 Å². The Morgan fingerprint density at radius 1 is 1.35 bits per heavy atom. The summed E-state index contributed by atoms with van der Waals surface area (Å²) in [6.45, 7) is 8.48. The summed E-state index contributed by atoms with van der Waals surface area (Å²) in [5, 5.41) is 1.25. The van der Waals surface area contributed by atoms with Gasteiger partial charge < -0.3 is 15.4 Å². The predicted molar refractivity (Wildman–Crippen MR) is 94.0 cm³/mol. The molecule has 0 spiro atoms. The zero-order valence-electron chi connectivity index (χ0n) is 13.5. The van der Waals surface area contributed by atoms with Crippen LogP contribution >= 0.6 is 23.1 Å². The Hall–Kier alpha value is -1.38. The van der Waals surface area contributed by atoms with Crippen LogP contribution in [-0.2, 0) is 9.53 Å². The van der Waals surface area contributed by atoms with Gasteiger partial charge in [-0.15, -0.1) is 11.3 Å². The molecule has 2 aromatic heterocycles. The van der Waals surface area contributed by atoms with E-state index in [1.165, 1.54) is 16.6 Å². The molecule has 3 rings (SSSR count). The topological polar surface area (TPSA) is 81.3 Å². The number of nitrogen functional groups attached to an aromatic ring is 1. The average molecular weight is 352 g/mol. The van der Waals surface area contributed by atoms with E-state index in [4.69, 9.17) is 10.5 Å². The van der Waals surface area contributed by atoms with Gasteiger partial charge in [0.15, 0.2) is 5.16 Å². The first-order valence-corrected chi connectivity index (χ1v) is 9.23. The summed E-state index contributed by atoms with van der Waals surface area (Å²) in [6.07, 6.45) is 0. The van der Waals surface area contributed by atoms with Gasteiger partial charge in [0.25, 0.3) is 0 Å². The highest BCUT2D eigenvalue weighted by atomic mass is 32.2. The zero-order chi connectivity index (χ0) is 16.6. The van der Waals surface area contributed by atoms with Gasteiger partial charge in [-0.25, -0.2) is 9.97 Å². The number of thioether (sulfide) groups is 1. The summed E-state index contributed by atoms with van der Waals surface area (Å²) < 4.78 is 5.28. The minimum atomic E-state index is -0.243. The molecule has 0 radical (unpaired) electrons. The zero-order valence-corrected chi connectivity index (χ0v) is 15.1. The number of ether oxygens (including phenoxy) is 1. The number of aromatic nitrogens is 2. The van der Waals surface area contributed by atoms with E-state index in [1.807, 2.05) is 18.7 Å². The summed E-state index contributed by atoms with van der Waals surface area (Å²) >= 11 is 2.98. The molecule has 1 aliphatic rings. The maximum atomic E-state index is 12.5. The first-order chi connectivity index (χ1) is 11.0. The van der Waals surface area contributed by atoms with Crippen LogP contribution in [0.15, 0.2) is 5.16 Å². The van der Waals surface area contributed by atoms with Crippen LogP contribution in [0.25, 0.3) is 10.2 Å². The number of morpholine rings is 1. The van der Waals surface area contributed by atoms with Crippen molar-refractivity contribution in [2.45, 2.75) is 31.2 Å². The van der Waals surface area contributed by atoms with Gasteiger partial charge in [0, 0.05) is 18.0 Å². The fourth-order valence-electron chi connectivity index (χ4n) is 2.56. The number of hydrogen-bond donors (Lipinski definition) is 1. The second-order valence-corrected chi connectivity index (χ2v) is 8.06. The molecule has 23 heavy (non-hydrogen) atoms. The van der Waals surface area contributed by atoms with E-state index in [9.17, 15) is 4.79 Å². The van der Waals surface area contributed by atoms with Crippen LogP contribution in [0.4, 0.5) is 5.82 Å². The number of fused-ring (bicyclic) bond motifs is 1. The molecule has 3 heterocycles. The van der Waals surface area contributed by atoms with Crippen molar-refractivity contribution >= 4 is 45.0 Å². The van der Waals surface area contributed by atoms with Crippen LogP contribution in [0, 0.1) is 13.8 Å². The highest BCUT2D eigenvalue weighted by molar-refractivity contribution is 8.00. The molecule has 2 N–H and O–H groups in total. The number of thiophene rings is 1. The van der Waals surface area contributed by atoms with Crippen molar-refractivity contribution in [3.05, 3.63) is 10.4 Å². The Bertz CT molecular complexity index is 741. The van der Waals surface area contributed by atoms with Gasteiger partial charge >= 0.3 is 0 Å². The van der Waals surface area contributed by atoms with Crippen LogP contribution in [-0.4, -0.2) is 52.3 Å². The molecule has 0 aromatic carbocycles. The van der Waals surface area contributed by atoms with E-state index in [-0.39, 0.29) is 11.2 Å². The minimum absolute atomic E-state index is 0.0964. The highest BCUT2D eigenvalue weighted by Crippen LogP contribution is 2.34. The molecular weight excluding hydrogens is 332 g/mol. The highest BCUT2D eigenvalue weighted by Gasteiger charge is 2.24. The number of carbonyl (C=O) groups is 1. The van der Waals surface area contributed by atoms with E-state index in [0.717, 1.165) is 15.8 Å². The fraction of sp³-hybridized carbons (Fsp3) is 0.533. The molecule has 8 heteroatoms. The van der Waals surface area contributed by atoms with Crippen molar-refractivity contribution in [1.29, 1.82) is 0 Å². The van der Waals surface area contributed by atoms with Crippen molar-refractivity contribution in [2.24, 2.45) is 0 Å². The van der Waals surface area contributed by atoms with Gasteiger partial charge in [0.05, 0.1) is 23.8 Å². The molecular formula is C15H20N4O2S2. The Kier molecular flexibility index (Phi) is 4.74. The normalized spacial score (nSPS) is 16.7. The van der Waals surface area contributed by atoms with E-state index in [0.29, 0.717) is 37.3 Å². The number of nitrogens with zero attached hydrogens (tertiary/aromatic N) is 3. The van der Waals surface area contributed by atoms with Gasteiger partial charge in [0.2, 0.25) is 5.91 Å². The van der Waals surface area contributed by atoms with Gasteiger partial charge in [-0.05, 0) is 26.3 Å². The van der Waals surface area contributed by atoms with Crippen LogP contribution in [0.1, 0.15) is 17.4 Å².